The van der Waals surface area contributed by atoms with E-state index in [-0.39, 0.29) is 35.3 Å². The summed E-state index contributed by atoms with van der Waals surface area (Å²) in [5, 5.41) is 6.55. The van der Waals surface area contributed by atoms with Crippen LogP contribution in [0.2, 0.25) is 0 Å². The third kappa shape index (κ3) is 7.99. The molecule has 2 rings (SSSR count). The lowest BCUT2D eigenvalue weighted by Crippen LogP contribution is -2.47. The van der Waals surface area contributed by atoms with Crippen LogP contribution in [0.5, 0.6) is 11.6 Å². The van der Waals surface area contributed by atoms with Crippen molar-refractivity contribution in [3.63, 3.8) is 0 Å². The molecule has 26 heavy (non-hydrogen) atoms. The second kappa shape index (κ2) is 10.3. The molecule has 0 atom stereocenters. The third-order valence-electron chi connectivity index (χ3n) is 3.07. The fraction of sp³-hybridized carbons (Fsp3) is 0.368. The number of aromatic nitrogens is 1. The largest absolute Gasteiger partial charge is 0.439 e. The molecule has 0 saturated carbocycles. The minimum atomic E-state index is -0.342. The van der Waals surface area contributed by atoms with Crippen molar-refractivity contribution in [3.05, 3.63) is 54.0 Å². The van der Waals surface area contributed by atoms with E-state index in [4.69, 9.17) is 4.74 Å². The molecular formula is C19H26FIN4O. The molecule has 0 bridgehead atoms. The van der Waals surface area contributed by atoms with E-state index in [2.05, 4.69) is 41.4 Å². The van der Waals surface area contributed by atoms with Crippen LogP contribution in [0.3, 0.4) is 0 Å². The highest BCUT2D eigenvalue weighted by molar-refractivity contribution is 14.0. The zero-order chi connectivity index (χ0) is 18.3. The minimum absolute atomic E-state index is 0. The number of aliphatic imine (C=N–C) groups is 1. The average molecular weight is 472 g/mol. The van der Waals surface area contributed by atoms with Crippen LogP contribution in [0.15, 0.2) is 47.6 Å². The maximum atomic E-state index is 13.2. The average Bonchev–Trinajstić information content (AvgIpc) is 2.53. The van der Waals surface area contributed by atoms with Crippen LogP contribution in [0.4, 0.5) is 4.39 Å². The van der Waals surface area contributed by atoms with Crippen LogP contribution in [0.25, 0.3) is 0 Å². The monoisotopic (exact) mass is 472 g/mol. The molecule has 0 fully saturated rings. The highest BCUT2D eigenvalue weighted by Crippen LogP contribution is 2.20. The van der Waals surface area contributed by atoms with Gasteiger partial charge in [0, 0.05) is 30.4 Å². The smallest absolute Gasteiger partial charge is 0.219 e. The fourth-order valence-electron chi connectivity index (χ4n) is 2.05. The molecule has 2 N–H and O–H groups in total. The van der Waals surface area contributed by atoms with E-state index < -0.39 is 0 Å². The zero-order valence-electron chi connectivity index (χ0n) is 15.5. The van der Waals surface area contributed by atoms with Crippen LogP contribution < -0.4 is 15.4 Å². The summed E-state index contributed by atoms with van der Waals surface area (Å²) in [5.74, 6) is 1.25. The fourth-order valence-corrected chi connectivity index (χ4v) is 2.05. The molecule has 7 heteroatoms. The first-order chi connectivity index (χ1) is 11.9. The van der Waals surface area contributed by atoms with Gasteiger partial charge in [-0.25, -0.2) is 14.4 Å². The third-order valence-corrected chi connectivity index (χ3v) is 3.07. The Morgan fingerprint density at radius 2 is 2.00 bits per heavy atom. The van der Waals surface area contributed by atoms with Gasteiger partial charge >= 0.3 is 0 Å². The summed E-state index contributed by atoms with van der Waals surface area (Å²) >= 11 is 0. The van der Waals surface area contributed by atoms with E-state index in [1.807, 2.05) is 13.0 Å². The number of nitrogens with one attached hydrogen (secondary N) is 2. The Balaban J connectivity index is 0.00000338. The lowest BCUT2D eigenvalue weighted by molar-refractivity contribution is 0.457. The Kier molecular flexibility index (Phi) is 8.77. The van der Waals surface area contributed by atoms with E-state index in [9.17, 15) is 4.39 Å². The summed E-state index contributed by atoms with van der Waals surface area (Å²) < 4.78 is 18.7. The molecule has 1 aromatic heterocycles. The molecule has 0 saturated heterocycles. The first-order valence-electron chi connectivity index (χ1n) is 8.30. The van der Waals surface area contributed by atoms with Crippen LogP contribution in [0, 0.1) is 5.82 Å². The zero-order valence-corrected chi connectivity index (χ0v) is 17.9. The summed E-state index contributed by atoms with van der Waals surface area (Å²) in [6.45, 7) is 9.57. The van der Waals surface area contributed by atoms with Crippen LogP contribution in [0.1, 0.15) is 33.3 Å². The highest BCUT2D eigenvalue weighted by atomic mass is 127. The maximum Gasteiger partial charge on any atom is 0.219 e. The van der Waals surface area contributed by atoms with E-state index in [1.54, 1.807) is 24.4 Å². The quantitative estimate of drug-likeness (QED) is 0.383. The van der Waals surface area contributed by atoms with Gasteiger partial charge in [0.25, 0.3) is 0 Å². The normalized spacial score (nSPS) is 11.5. The number of pyridine rings is 1. The Morgan fingerprint density at radius 1 is 1.23 bits per heavy atom. The van der Waals surface area contributed by atoms with Gasteiger partial charge in [0.15, 0.2) is 5.96 Å². The number of ether oxygens (including phenoxy) is 1. The van der Waals surface area contributed by atoms with Gasteiger partial charge in [0.1, 0.15) is 11.6 Å². The van der Waals surface area contributed by atoms with E-state index in [0.717, 1.165) is 18.1 Å². The van der Waals surface area contributed by atoms with Crippen molar-refractivity contribution in [2.75, 3.05) is 6.54 Å². The maximum absolute atomic E-state index is 13.2. The predicted molar refractivity (Wildman–Crippen MR) is 114 cm³/mol. The topological polar surface area (TPSA) is 58.5 Å². The first kappa shape index (κ1) is 22.1. The van der Waals surface area contributed by atoms with Crippen molar-refractivity contribution in [2.45, 2.75) is 39.8 Å². The Labute approximate surface area is 171 Å². The molecule has 5 nitrogen and oxygen atoms in total. The second-order valence-electron chi connectivity index (χ2n) is 6.63. The van der Waals surface area contributed by atoms with Crippen molar-refractivity contribution < 1.29 is 9.13 Å². The van der Waals surface area contributed by atoms with Gasteiger partial charge in [-0.3, -0.25) is 0 Å². The molecule has 0 unspecified atom stereocenters. The number of benzene rings is 1. The number of guanidine groups is 1. The molecule has 0 aliphatic heterocycles. The van der Waals surface area contributed by atoms with Crippen LogP contribution in [-0.4, -0.2) is 23.0 Å². The van der Waals surface area contributed by atoms with Crippen molar-refractivity contribution in [3.8, 4) is 11.6 Å². The number of hydrogen-bond acceptors (Lipinski definition) is 3. The number of hydrogen-bond donors (Lipinski definition) is 2. The highest BCUT2D eigenvalue weighted by Gasteiger charge is 2.11. The Bertz CT molecular complexity index is 714. The van der Waals surface area contributed by atoms with Gasteiger partial charge in [-0.2, -0.15) is 0 Å². The lowest BCUT2D eigenvalue weighted by Gasteiger charge is -2.23. The van der Waals surface area contributed by atoms with Crippen LogP contribution >= 0.6 is 24.0 Å². The standard InChI is InChI=1S/C19H25FN4O.HI/c1-5-21-18(24-19(2,3)4)23-13-14-9-10-17(22-12-14)25-16-8-6-7-15(20)11-16;/h6-12H,5,13H2,1-4H3,(H2,21,23,24);1H. The first-order valence-corrected chi connectivity index (χ1v) is 8.30. The van der Waals surface area contributed by atoms with Gasteiger partial charge in [-0.05, 0) is 45.4 Å². The van der Waals surface area contributed by atoms with E-state index >= 15 is 0 Å². The van der Waals surface area contributed by atoms with E-state index in [1.165, 1.54) is 12.1 Å². The molecule has 0 spiro atoms. The molecule has 0 radical (unpaired) electrons. The molecule has 0 aliphatic carbocycles. The number of rotatable bonds is 5. The summed E-state index contributed by atoms with van der Waals surface area (Å²) in [5.41, 5.74) is 0.889. The second-order valence-corrected chi connectivity index (χ2v) is 6.63. The van der Waals surface area contributed by atoms with Gasteiger partial charge in [0.05, 0.1) is 6.54 Å². The van der Waals surface area contributed by atoms with Crippen LogP contribution in [-0.2, 0) is 6.54 Å². The lowest BCUT2D eigenvalue weighted by atomic mass is 10.1. The molecule has 0 aliphatic rings. The summed E-state index contributed by atoms with van der Waals surface area (Å²) in [6.07, 6.45) is 1.71. The summed E-state index contributed by atoms with van der Waals surface area (Å²) in [4.78, 5) is 8.81. The van der Waals surface area contributed by atoms with Crippen molar-refractivity contribution in [1.29, 1.82) is 0 Å². The molecule has 0 amide bonds. The summed E-state index contributed by atoms with van der Waals surface area (Å²) in [7, 11) is 0. The SMILES string of the molecule is CCNC(=NCc1ccc(Oc2cccc(F)c2)nc1)NC(C)(C)C.I. The Morgan fingerprint density at radius 3 is 2.58 bits per heavy atom. The molecule has 142 valence electrons. The van der Waals surface area contributed by atoms with Crippen molar-refractivity contribution >= 4 is 29.9 Å². The minimum Gasteiger partial charge on any atom is -0.439 e. The molecular weight excluding hydrogens is 446 g/mol. The number of halogens is 2. The van der Waals surface area contributed by atoms with Gasteiger partial charge in [-0.1, -0.05) is 12.1 Å². The Hall–Kier alpha value is -1.90. The van der Waals surface area contributed by atoms with Gasteiger partial charge in [-0.15, -0.1) is 24.0 Å². The molecule has 2 aromatic rings. The van der Waals surface area contributed by atoms with Crippen molar-refractivity contribution in [2.24, 2.45) is 4.99 Å². The van der Waals surface area contributed by atoms with Gasteiger partial charge < -0.3 is 15.4 Å². The van der Waals surface area contributed by atoms with Gasteiger partial charge in [0.2, 0.25) is 5.88 Å². The summed E-state index contributed by atoms with van der Waals surface area (Å²) in [6, 6.07) is 9.61. The molecule has 1 heterocycles. The van der Waals surface area contributed by atoms with E-state index in [0.29, 0.717) is 18.2 Å². The predicted octanol–water partition coefficient (Wildman–Crippen LogP) is 4.48. The molecule has 1 aromatic carbocycles. The number of nitrogens with zero attached hydrogens (tertiary/aromatic N) is 2. The van der Waals surface area contributed by atoms with Crippen molar-refractivity contribution in [1.82, 2.24) is 15.6 Å².